The zero-order valence-electron chi connectivity index (χ0n) is 8.81. The lowest BCUT2D eigenvalue weighted by Gasteiger charge is -2.00. The predicted molar refractivity (Wildman–Crippen MR) is 63.1 cm³/mol. The van der Waals surface area contributed by atoms with Crippen LogP contribution >= 0.6 is 0 Å². The monoisotopic (exact) mass is 218 g/mol. The zero-order valence-corrected chi connectivity index (χ0v) is 8.81. The first-order valence-electron chi connectivity index (χ1n) is 5.19. The van der Waals surface area contributed by atoms with Gasteiger partial charge in [-0.05, 0) is 30.5 Å². The Labute approximate surface area is 93.7 Å². The number of urea groups is 1. The number of nitrogens with one attached hydrogen (secondary N) is 2. The molecule has 4 N–H and O–H groups in total. The van der Waals surface area contributed by atoms with Crippen LogP contribution in [0.1, 0.15) is 18.4 Å². The summed E-state index contributed by atoms with van der Waals surface area (Å²) < 4.78 is 0. The smallest absolute Gasteiger partial charge is 0.335 e. The summed E-state index contributed by atoms with van der Waals surface area (Å²) in [4.78, 5) is 11.2. The first-order chi connectivity index (χ1) is 7.74. The van der Waals surface area contributed by atoms with E-state index in [2.05, 4.69) is 15.8 Å². The molecule has 0 heterocycles. The van der Waals surface area contributed by atoms with E-state index in [1.165, 1.54) is 0 Å². The molecular weight excluding hydrogens is 204 g/mol. The van der Waals surface area contributed by atoms with Gasteiger partial charge in [0, 0.05) is 11.7 Å². The Morgan fingerprint density at radius 2 is 2.06 bits per heavy atom. The molecule has 0 bridgehead atoms. The summed E-state index contributed by atoms with van der Waals surface area (Å²) in [5.74, 6) is 0. The van der Waals surface area contributed by atoms with Crippen molar-refractivity contribution in [2.75, 3.05) is 5.73 Å². The number of nitrogens with zero attached hydrogens (tertiary/aromatic N) is 1. The van der Waals surface area contributed by atoms with Gasteiger partial charge in [0.15, 0.2) is 0 Å². The highest BCUT2D eigenvalue weighted by atomic mass is 16.2. The van der Waals surface area contributed by atoms with E-state index in [-0.39, 0.29) is 6.03 Å². The van der Waals surface area contributed by atoms with Gasteiger partial charge < -0.3 is 11.1 Å². The van der Waals surface area contributed by atoms with Crippen LogP contribution in [0.15, 0.2) is 29.4 Å². The molecule has 1 aliphatic carbocycles. The summed E-state index contributed by atoms with van der Waals surface area (Å²) in [5.41, 5.74) is 9.54. The molecule has 2 rings (SSSR count). The van der Waals surface area contributed by atoms with E-state index in [1.807, 2.05) is 12.1 Å². The van der Waals surface area contributed by atoms with Gasteiger partial charge in [-0.25, -0.2) is 10.2 Å². The fourth-order valence-electron chi connectivity index (χ4n) is 1.19. The van der Waals surface area contributed by atoms with Crippen LogP contribution in [0, 0.1) is 0 Å². The van der Waals surface area contributed by atoms with Crippen molar-refractivity contribution in [1.82, 2.24) is 10.7 Å². The van der Waals surface area contributed by atoms with E-state index in [0.29, 0.717) is 11.7 Å². The van der Waals surface area contributed by atoms with E-state index in [0.717, 1.165) is 18.4 Å². The average Bonchev–Trinajstić information content (AvgIpc) is 3.05. The number of hydrogen-bond donors (Lipinski definition) is 3. The molecule has 1 saturated carbocycles. The van der Waals surface area contributed by atoms with Crippen molar-refractivity contribution in [2.45, 2.75) is 18.9 Å². The average molecular weight is 218 g/mol. The lowest BCUT2D eigenvalue weighted by molar-refractivity contribution is 0.241. The zero-order chi connectivity index (χ0) is 11.4. The van der Waals surface area contributed by atoms with Gasteiger partial charge in [-0.2, -0.15) is 5.10 Å². The van der Waals surface area contributed by atoms with Crippen LogP contribution in [0.4, 0.5) is 10.5 Å². The Morgan fingerprint density at radius 3 is 2.69 bits per heavy atom. The first-order valence-corrected chi connectivity index (χ1v) is 5.19. The Hall–Kier alpha value is -2.04. The van der Waals surface area contributed by atoms with Crippen molar-refractivity contribution in [3.8, 4) is 0 Å². The van der Waals surface area contributed by atoms with Crippen LogP contribution in [0.5, 0.6) is 0 Å². The third-order valence-electron chi connectivity index (χ3n) is 2.23. The van der Waals surface area contributed by atoms with Crippen LogP contribution < -0.4 is 16.5 Å². The minimum Gasteiger partial charge on any atom is -0.399 e. The molecule has 1 aliphatic rings. The molecule has 1 fully saturated rings. The molecule has 2 amide bonds. The highest BCUT2D eigenvalue weighted by Crippen LogP contribution is 2.18. The Kier molecular flexibility index (Phi) is 3.05. The molecule has 0 aliphatic heterocycles. The molecule has 0 unspecified atom stereocenters. The fourth-order valence-corrected chi connectivity index (χ4v) is 1.19. The first kappa shape index (κ1) is 10.5. The minimum absolute atomic E-state index is 0.255. The number of rotatable bonds is 3. The molecule has 0 radical (unpaired) electrons. The highest BCUT2D eigenvalue weighted by Gasteiger charge is 2.22. The van der Waals surface area contributed by atoms with Crippen LogP contribution in [0.25, 0.3) is 0 Å². The standard InChI is InChI=1S/C11H14N4O/c12-9-3-1-8(2-4-9)7-13-15-11(16)14-10-5-6-10/h1-4,7,10H,5-6,12H2,(H2,14,15,16). The summed E-state index contributed by atoms with van der Waals surface area (Å²) in [6.07, 6.45) is 3.70. The van der Waals surface area contributed by atoms with Gasteiger partial charge in [-0.3, -0.25) is 0 Å². The molecule has 0 saturated heterocycles. The number of nitrogens with two attached hydrogens (primary N) is 1. The molecule has 0 atom stereocenters. The van der Waals surface area contributed by atoms with Crippen LogP contribution in [0.3, 0.4) is 0 Å². The largest absolute Gasteiger partial charge is 0.399 e. The van der Waals surface area contributed by atoms with Crippen molar-refractivity contribution < 1.29 is 4.79 Å². The van der Waals surface area contributed by atoms with Crippen LogP contribution in [0.2, 0.25) is 0 Å². The van der Waals surface area contributed by atoms with E-state index in [9.17, 15) is 4.79 Å². The second-order valence-corrected chi connectivity index (χ2v) is 3.78. The van der Waals surface area contributed by atoms with Crippen LogP contribution in [-0.4, -0.2) is 18.3 Å². The molecule has 5 nitrogen and oxygen atoms in total. The summed E-state index contributed by atoms with van der Waals surface area (Å²) in [6, 6.07) is 7.32. The van der Waals surface area contributed by atoms with Crippen molar-refractivity contribution in [1.29, 1.82) is 0 Å². The summed E-state index contributed by atoms with van der Waals surface area (Å²) in [5, 5.41) is 6.59. The van der Waals surface area contributed by atoms with Gasteiger partial charge in [-0.15, -0.1) is 0 Å². The lowest BCUT2D eigenvalue weighted by Crippen LogP contribution is -2.33. The minimum atomic E-state index is -0.255. The van der Waals surface area contributed by atoms with E-state index >= 15 is 0 Å². The number of benzene rings is 1. The van der Waals surface area contributed by atoms with Gasteiger partial charge >= 0.3 is 6.03 Å². The SMILES string of the molecule is Nc1ccc(C=NNC(=O)NC2CC2)cc1. The molecule has 0 spiro atoms. The maximum absolute atomic E-state index is 11.2. The third-order valence-corrected chi connectivity index (χ3v) is 2.23. The molecule has 1 aromatic carbocycles. The third kappa shape index (κ3) is 3.27. The number of amides is 2. The quantitative estimate of drug-likeness (QED) is 0.403. The number of anilines is 1. The number of hydrogen-bond acceptors (Lipinski definition) is 3. The van der Waals surface area contributed by atoms with Gasteiger partial charge in [0.25, 0.3) is 0 Å². The van der Waals surface area contributed by atoms with Gasteiger partial charge in [0.1, 0.15) is 0 Å². The molecular formula is C11H14N4O. The molecule has 1 aromatic rings. The molecule has 16 heavy (non-hydrogen) atoms. The van der Waals surface area contributed by atoms with Gasteiger partial charge in [0.2, 0.25) is 0 Å². The Morgan fingerprint density at radius 1 is 1.38 bits per heavy atom. The maximum Gasteiger partial charge on any atom is 0.335 e. The van der Waals surface area contributed by atoms with Gasteiger partial charge in [-0.1, -0.05) is 12.1 Å². The van der Waals surface area contributed by atoms with Crippen molar-refractivity contribution in [2.24, 2.45) is 5.10 Å². The highest BCUT2D eigenvalue weighted by molar-refractivity contribution is 5.82. The Balaban J connectivity index is 1.79. The number of carbonyl (C=O) groups excluding carboxylic acids is 1. The predicted octanol–water partition coefficient (Wildman–Crippen LogP) is 1.06. The topological polar surface area (TPSA) is 79.5 Å². The number of nitrogen functional groups attached to an aromatic ring is 1. The second kappa shape index (κ2) is 4.65. The summed E-state index contributed by atoms with van der Waals surface area (Å²) >= 11 is 0. The van der Waals surface area contributed by atoms with Crippen molar-refractivity contribution >= 4 is 17.9 Å². The molecule has 0 aromatic heterocycles. The normalized spacial score (nSPS) is 15.0. The molecule has 5 heteroatoms. The lowest BCUT2D eigenvalue weighted by atomic mass is 10.2. The fraction of sp³-hybridized carbons (Fsp3) is 0.273. The second-order valence-electron chi connectivity index (χ2n) is 3.78. The van der Waals surface area contributed by atoms with E-state index in [4.69, 9.17) is 5.73 Å². The van der Waals surface area contributed by atoms with Crippen molar-refractivity contribution in [3.63, 3.8) is 0 Å². The number of carbonyl (C=O) groups is 1. The number of hydrazone groups is 1. The Bertz CT molecular complexity index is 395. The van der Waals surface area contributed by atoms with Crippen LogP contribution in [-0.2, 0) is 0 Å². The summed E-state index contributed by atoms with van der Waals surface area (Å²) in [7, 11) is 0. The molecule has 84 valence electrons. The maximum atomic E-state index is 11.2. The summed E-state index contributed by atoms with van der Waals surface area (Å²) in [6.45, 7) is 0. The van der Waals surface area contributed by atoms with E-state index in [1.54, 1.807) is 18.3 Å². The van der Waals surface area contributed by atoms with Gasteiger partial charge in [0.05, 0.1) is 6.21 Å². The van der Waals surface area contributed by atoms with E-state index < -0.39 is 0 Å². The van der Waals surface area contributed by atoms with Crippen molar-refractivity contribution in [3.05, 3.63) is 29.8 Å².